The Balaban J connectivity index is 1.24. The van der Waals surface area contributed by atoms with E-state index in [4.69, 9.17) is 24.1 Å². The summed E-state index contributed by atoms with van der Waals surface area (Å²) in [5, 5.41) is 67.4. The molecule has 6 rings (SSSR count). The van der Waals surface area contributed by atoms with Crippen LogP contribution in [0.3, 0.4) is 0 Å². The highest BCUT2D eigenvalue weighted by molar-refractivity contribution is 6.31. The second-order valence-electron chi connectivity index (χ2n) is 15.6. The molecule has 17 nitrogen and oxygen atoms in total. The van der Waals surface area contributed by atoms with Crippen molar-refractivity contribution in [1.82, 2.24) is 5.32 Å². The third-order valence-corrected chi connectivity index (χ3v) is 11.8. The number of carbonyl (C=O) groups is 6. The number of carboxylic acids is 1. The number of Topliss-reactive ketones (excluding diaryl/α,β-unsaturated/α-hetero) is 2. The van der Waals surface area contributed by atoms with E-state index in [0.717, 1.165) is 0 Å². The van der Waals surface area contributed by atoms with Crippen molar-refractivity contribution in [2.75, 3.05) is 13.7 Å². The highest BCUT2D eigenvalue weighted by Crippen LogP contribution is 2.52. The van der Waals surface area contributed by atoms with E-state index in [2.05, 4.69) is 5.32 Å². The Morgan fingerprint density at radius 2 is 1.72 bits per heavy atom. The minimum absolute atomic E-state index is 0.0427. The number of carbonyl (C=O) groups excluding carboxylic acids is 5. The maximum absolute atomic E-state index is 14.0. The minimum Gasteiger partial charge on any atom is -0.507 e. The molecule has 2 aromatic carbocycles. The van der Waals surface area contributed by atoms with Crippen LogP contribution in [0.25, 0.3) is 0 Å². The summed E-state index contributed by atoms with van der Waals surface area (Å²) in [6.07, 6.45) is -3.61. The van der Waals surface area contributed by atoms with Crippen LogP contribution in [0.2, 0.25) is 0 Å². The monoisotopic (exact) mass is 809 g/mol. The van der Waals surface area contributed by atoms with Gasteiger partial charge in [0, 0.05) is 47.8 Å². The lowest BCUT2D eigenvalue weighted by Gasteiger charge is -2.42. The topological polar surface area (TPSA) is 273 Å². The normalized spacial score (nSPS) is 29.8. The van der Waals surface area contributed by atoms with E-state index in [1.165, 1.54) is 32.2 Å². The summed E-state index contributed by atoms with van der Waals surface area (Å²) in [6.45, 7) is 2.16. The number of amides is 1. The lowest BCUT2D eigenvalue weighted by atomic mass is 9.72. The zero-order chi connectivity index (χ0) is 42.3. The van der Waals surface area contributed by atoms with E-state index in [9.17, 15) is 54.3 Å². The van der Waals surface area contributed by atoms with E-state index in [1.807, 2.05) is 0 Å². The summed E-state index contributed by atoms with van der Waals surface area (Å²) in [6, 6.07) is 3.21. The number of aliphatic carboxylic acids is 1. The van der Waals surface area contributed by atoms with Gasteiger partial charge in [0.05, 0.1) is 48.5 Å². The molecular formula is C41H47NO16. The molecule has 0 bridgehead atoms. The molecule has 8 atom stereocenters. The van der Waals surface area contributed by atoms with Gasteiger partial charge >= 0.3 is 12.1 Å². The number of rotatable bonds is 11. The molecule has 1 unspecified atom stereocenters. The van der Waals surface area contributed by atoms with Crippen molar-refractivity contribution < 1.29 is 78.4 Å². The van der Waals surface area contributed by atoms with E-state index < -0.39 is 119 Å². The summed E-state index contributed by atoms with van der Waals surface area (Å²) in [4.78, 5) is 77.9. The maximum atomic E-state index is 14.0. The fraction of sp³-hybridized carbons (Fsp3) is 0.512. The number of alkyl carbamates (subject to hydrolysis) is 1. The number of ether oxygens (including phenoxy) is 4. The van der Waals surface area contributed by atoms with Crippen LogP contribution in [-0.4, -0.2) is 116 Å². The average molecular weight is 810 g/mol. The SMILES string of the molecule is COc1cccc2c1C(=O)c1c(O)c3c(c(O)c1C2=O)C[C@@](O)(C(=O)CO)CC3O[C@H]1C[C@H](NC(=O)O[C@H]2/C=C/CC[C@@](C)(C(=O)CCC(=O)O)CC2)[C@H](O)[C@H](C)O1. The zero-order valence-corrected chi connectivity index (χ0v) is 32.2. The number of nitrogens with one attached hydrogen (secondary N) is 1. The van der Waals surface area contributed by atoms with Gasteiger partial charge in [-0.05, 0) is 44.7 Å². The number of hydrogen-bond acceptors (Lipinski definition) is 15. The Labute approximate surface area is 332 Å². The van der Waals surface area contributed by atoms with Crippen LogP contribution in [0, 0.1) is 5.41 Å². The molecule has 0 aromatic heterocycles. The fourth-order valence-electron chi connectivity index (χ4n) is 8.41. The number of aromatic hydroxyl groups is 2. The highest BCUT2D eigenvalue weighted by atomic mass is 16.7. The molecule has 2 aromatic rings. The number of aliphatic hydroxyl groups excluding tert-OH is 2. The van der Waals surface area contributed by atoms with Crippen LogP contribution in [-0.2, 0) is 35.0 Å². The molecule has 1 heterocycles. The van der Waals surface area contributed by atoms with Gasteiger partial charge in [-0.1, -0.05) is 25.1 Å². The first-order valence-electron chi connectivity index (χ1n) is 19.0. The van der Waals surface area contributed by atoms with Crippen molar-refractivity contribution in [3.8, 4) is 17.2 Å². The molecule has 1 fully saturated rings. The Bertz CT molecular complexity index is 2060. The fourth-order valence-corrected chi connectivity index (χ4v) is 8.41. The van der Waals surface area contributed by atoms with E-state index >= 15 is 0 Å². The first-order chi connectivity index (χ1) is 27.4. The van der Waals surface area contributed by atoms with Crippen molar-refractivity contribution in [3.05, 3.63) is 63.7 Å². The lowest BCUT2D eigenvalue weighted by Crippen LogP contribution is -2.56. The Hall–Kier alpha value is -5.20. The first-order valence-corrected chi connectivity index (χ1v) is 19.0. The predicted octanol–water partition coefficient (Wildman–Crippen LogP) is 2.71. The highest BCUT2D eigenvalue weighted by Gasteiger charge is 2.50. The molecule has 0 spiro atoms. The van der Waals surface area contributed by atoms with Gasteiger partial charge in [-0.3, -0.25) is 24.0 Å². The number of carboxylic acid groups (broad SMARTS) is 1. The number of allylic oxidation sites excluding steroid dienone is 1. The molecular weight excluding hydrogens is 762 g/mol. The third-order valence-electron chi connectivity index (χ3n) is 11.8. The molecule has 0 saturated carbocycles. The molecule has 1 saturated heterocycles. The number of benzene rings is 2. The quantitative estimate of drug-likeness (QED) is 0.108. The van der Waals surface area contributed by atoms with Crippen molar-refractivity contribution in [1.29, 1.82) is 0 Å². The number of fused-ring (bicyclic) bond motifs is 3. The predicted molar refractivity (Wildman–Crippen MR) is 199 cm³/mol. The van der Waals surface area contributed by atoms with Gasteiger partial charge in [0.2, 0.25) is 5.78 Å². The van der Waals surface area contributed by atoms with Gasteiger partial charge in [0.25, 0.3) is 0 Å². The van der Waals surface area contributed by atoms with Crippen molar-refractivity contribution >= 4 is 35.2 Å². The van der Waals surface area contributed by atoms with Gasteiger partial charge in [-0.15, -0.1) is 0 Å². The van der Waals surface area contributed by atoms with Gasteiger partial charge < -0.3 is 54.9 Å². The van der Waals surface area contributed by atoms with Gasteiger partial charge in [0.15, 0.2) is 17.9 Å². The maximum Gasteiger partial charge on any atom is 0.408 e. The number of aliphatic hydroxyl groups is 3. The molecule has 58 heavy (non-hydrogen) atoms. The molecule has 1 aliphatic heterocycles. The molecule has 312 valence electrons. The number of phenols is 2. The Kier molecular flexibility index (Phi) is 12.1. The molecule has 7 N–H and O–H groups in total. The molecule has 0 radical (unpaired) electrons. The molecule has 4 aliphatic rings. The van der Waals surface area contributed by atoms with E-state index in [-0.39, 0.29) is 59.5 Å². The van der Waals surface area contributed by atoms with Crippen LogP contribution in [0.15, 0.2) is 30.4 Å². The summed E-state index contributed by atoms with van der Waals surface area (Å²) < 4.78 is 23.1. The van der Waals surface area contributed by atoms with Crippen molar-refractivity contribution in [2.24, 2.45) is 5.41 Å². The van der Waals surface area contributed by atoms with Gasteiger partial charge in [-0.25, -0.2) is 4.79 Å². The summed E-state index contributed by atoms with van der Waals surface area (Å²) in [5.41, 5.74) is -5.05. The Morgan fingerprint density at radius 1 is 1.00 bits per heavy atom. The second kappa shape index (κ2) is 16.6. The average Bonchev–Trinajstić information content (AvgIpc) is 3.18. The molecule has 3 aliphatic carbocycles. The summed E-state index contributed by atoms with van der Waals surface area (Å²) in [7, 11) is 1.29. The van der Waals surface area contributed by atoms with Crippen LogP contribution in [0.1, 0.15) is 114 Å². The number of methoxy groups -OCH3 is 1. The number of ketones is 4. The standard InChI is InChI=1S/C41H47NO16/c1-19-34(48)23(42-39(53)57-20-7-4-5-13-40(2,14-12-20)26(44)10-11-28(46)47)15-29(56-19)58-25-17-41(54,27(45)18-43)16-22-31(25)38(52)33-32(36(22)50)35(49)21-8-6-9-24(55-3)30(21)37(33)51/h4,6-9,19-20,23,25,29,34,43,48,50,52,54H,5,10-18H2,1-3H3,(H,42,53)(H,46,47)/b7-4+/t19-,20-,23-,25?,29-,34+,40+,41-/m0/s1. The smallest absolute Gasteiger partial charge is 0.408 e. The van der Waals surface area contributed by atoms with Crippen LogP contribution in [0.5, 0.6) is 17.2 Å². The first kappa shape index (κ1) is 42.4. The lowest BCUT2D eigenvalue weighted by molar-refractivity contribution is -0.249. The van der Waals surface area contributed by atoms with Gasteiger partial charge in [0.1, 0.15) is 47.4 Å². The van der Waals surface area contributed by atoms with Crippen molar-refractivity contribution in [3.63, 3.8) is 0 Å². The third kappa shape index (κ3) is 7.96. The zero-order valence-electron chi connectivity index (χ0n) is 32.2. The van der Waals surface area contributed by atoms with E-state index in [0.29, 0.717) is 19.3 Å². The minimum atomic E-state index is -2.38. The van der Waals surface area contributed by atoms with E-state index in [1.54, 1.807) is 19.1 Å². The van der Waals surface area contributed by atoms with Crippen LogP contribution >= 0.6 is 0 Å². The van der Waals surface area contributed by atoms with Crippen LogP contribution < -0.4 is 10.1 Å². The Morgan fingerprint density at radius 3 is 2.41 bits per heavy atom. The summed E-state index contributed by atoms with van der Waals surface area (Å²) >= 11 is 0. The van der Waals surface area contributed by atoms with Crippen molar-refractivity contribution in [2.45, 2.75) is 114 Å². The molecule has 17 heteroatoms. The largest absolute Gasteiger partial charge is 0.507 e. The van der Waals surface area contributed by atoms with Crippen LogP contribution in [0.4, 0.5) is 4.79 Å². The number of phenolic OH excluding ortho intramolecular Hbond substituents is 2. The summed E-state index contributed by atoms with van der Waals surface area (Å²) in [5.74, 6) is -5.47. The second-order valence-corrected chi connectivity index (χ2v) is 15.6. The van der Waals surface area contributed by atoms with Gasteiger partial charge in [-0.2, -0.15) is 0 Å². The molecule has 1 amide bonds. The number of hydrogen-bond donors (Lipinski definition) is 7.